The van der Waals surface area contributed by atoms with Gasteiger partial charge in [0.05, 0.1) is 5.92 Å². The molecule has 1 saturated heterocycles. The van der Waals surface area contributed by atoms with Crippen LogP contribution in [0.15, 0.2) is 35.9 Å². The van der Waals surface area contributed by atoms with Gasteiger partial charge >= 0.3 is 5.97 Å². The number of carbonyl (C=O) groups is 3. The van der Waals surface area contributed by atoms with Crippen molar-refractivity contribution in [2.24, 2.45) is 5.92 Å². The average Bonchev–Trinajstić information content (AvgIpc) is 2.79. The Morgan fingerprint density at radius 1 is 1.16 bits per heavy atom. The highest BCUT2D eigenvalue weighted by Crippen LogP contribution is 2.22. The third-order valence-electron chi connectivity index (χ3n) is 6.00. The van der Waals surface area contributed by atoms with E-state index in [-0.39, 0.29) is 23.5 Å². The Bertz CT molecular complexity index is 813. The van der Waals surface area contributed by atoms with Crippen molar-refractivity contribution >= 4 is 17.8 Å². The molecule has 2 amide bonds. The summed E-state index contributed by atoms with van der Waals surface area (Å²) < 4.78 is 18.4. The Labute approximate surface area is 182 Å². The number of halogens is 1. The van der Waals surface area contributed by atoms with Crippen molar-refractivity contribution in [1.29, 1.82) is 0 Å². The van der Waals surface area contributed by atoms with E-state index in [4.69, 9.17) is 4.74 Å². The molecule has 31 heavy (non-hydrogen) atoms. The largest absolute Gasteiger partial charge is 0.452 e. The lowest BCUT2D eigenvalue weighted by Gasteiger charge is -2.31. The minimum atomic E-state index is -0.841. The molecule has 7 heteroatoms. The van der Waals surface area contributed by atoms with Crippen molar-refractivity contribution in [3.8, 4) is 0 Å². The monoisotopic (exact) mass is 430 g/mol. The number of rotatable bonds is 7. The van der Waals surface area contributed by atoms with E-state index in [1.54, 1.807) is 11.8 Å². The number of likely N-dealkylation sites (tertiary alicyclic amines) is 1. The fourth-order valence-corrected chi connectivity index (χ4v) is 4.04. The van der Waals surface area contributed by atoms with E-state index in [0.29, 0.717) is 38.0 Å². The molecule has 1 heterocycles. The van der Waals surface area contributed by atoms with E-state index in [1.165, 1.54) is 42.7 Å². The maximum absolute atomic E-state index is 13.0. The zero-order chi connectivity index (χ0) is 22.2. The Morgan fingerprint density at radius 2 is 1.87 bits per heavy atom. The average molecular weight is 431 g/mol. The molecule has 6 nitrogen and oxygen atoms in total. The summed E-state index contributed by atoms with van der Waals surface area (Å²) in [6.07, 6.45) is 7.88. The highest BCUT2D eigenvalue weighted by molar-refractivity contribution is 5.94. The Balaban J connectivity index is 1.38. The van der Waals surface area contributed by atoms with Crippen LogP contribution in [0.1, 0.15) is 62.2 Å². The fourth-order valence-electron chi connectivity index (χ4n) is 4.04. The first-order valence-electron chi connectivity index (χ1n) is 11.1. The molecule has 0 aromatic heterocycles. The van der Waals surface area contributed by atoms with Gasteiger partial charge in [0.1, 0.15) is 5.82 Å². The lowest BCUT2D eigenvalue weighted by Crippen LogP contribution is -2.42. The van der Waals surface area contributed by atoms with E-state index in [9.17, 15) is 18.8 Å². The molecule has 3 rings (SSSR count). The lowest BCUT2D eigenvalue weighted by atomic mass is 9.96. The number of ether oxygens (including phenoxy) is 1. The smallest absolute Gasteiger partial charge is 0.309 e. The molecule has 1 aliphatic heterocycles. The molecule has 1 N–H and O–H groups in total. The van der Waals surface area contributed by atoms with E-state index in [2.05, 4.69) is 11.4 Å². The summed E-state index contributed by atoms with van der Waals surface area (Å²) >= 11 is 0. The summed E-state index contributed by atoms with van der Waals surface area (Å²) in [7, 11) is 0. The molecule has 1 atom stereocenters. The zero-order valence-corrected chi connectivity index (χ0v) is 18.1. The van der Waals surface area contributed by atoms with Crippen molar-refractivity contribution in [2.75, 3.05) is 19.6 Å². The van der Waals surface area contributed by atoms with Crippen LogP contribution < -0.4 is 5.32 Å². The van der Waals surface area contributed by atoms with Crippen LogP contribution in [0.2, 0.25) is 0 Å². The van der Waals surface area contributed by atoms with Gasteiger partial charge < -0.3 is 15.0 Å². The molecule has 1 fully saturated rings. The third-order valence-corrected chi connectivity index (χ3v) is 6.00. The SMILES string of the molecule is C[C@@H](OC(=O)C1CCN(C(=O)c2ccc(F)cc2)CC1)C(=O)NCCC1=CCCCC1. The Hall–Kier alpha value is -2.70. The molecule has 0 radical (unpaired) electrons. The van der Waals surface area contributed by atoms with Gasteiger partial charge in [-0.3, -0.25) is 14.4 Å². The van der Waals surface area contributed by atoms with Gasteiger partial charge in [-0.2, -0.15) is 0 Å². The summed E-state index contributed by atoms with van der Waals surface area (Å²) in [6.45, 7) is 2.98. The first-order chi connectivity index (χ1) is 14.9. The van der Waals surface area contributed by atoms with Gasteiger partial charge in [-0.25, -0.2) is 4.39 Å². The standard InChI is InChI=1S/C24H31FN2O4/c1-17(22(28)26-14-11-18-5-3-2-4-6-18)31-24(30)20-12-15-27(16-13-20)23(29)19-7-9-21(25)10-8-19/h5,7-10,17,20H,2-4,6,11-16H2,1H3,(H,26,28)/t17-/m1/s1. The zero-order valence-electron chi connectivity index (χ0n) is 18.1. The van der Waals surface area contributed by atoms with Crippen LogP contribution in [-0.2, 0) is 14.3 Å². The van der Waals surface area contributed by atoms with Crippen molar-refractivity contribution in [2.45, 2.75) is 58.0 Å². The van der Waals surface area contributed by atoms with Crippen molar-refractivity contribution in [1.82, 2.24) is 10.2 Å². The van der Waals surface area contributed by atoms with Gasteiger partial charge in [0.15, 0.2) is 6.10 Å². The molecule has 2 aliphatic rings. The van der Waals surface area contributed by atoms with Crippen LogP contribution in [0.4, 0.5) is 4.39 Å². The summed E-state index contributed by atoms with van der Waals surface area (Å²) in [4.78, 5) is 38.9. The van der Waals surface area contributed by atoms with Gasteiger partial charge in [-0.15, -0.1) is 0 Å². The number of benzene rings is 1. The number of esters is 1. The number of nitrogens with one attached hydrogen (secondary N) is 1. The molecular formula is C24H31FN2O4. The number of hydrogen-bond donors (Lipinski definition) is 1. The summed E-state index contributed by atoms with van der Waals surface area (Å²) in [5, 5.41) is 2.85. The van der Waals surface area contributed by atoms with Crippen LogP contribution in [0.3, 0.4) is 0 Å². The van der Waals surface area contributed by atoms with Crippen LogP contribution in [0.5, 0.6) is 0 Å². The minimum absolute atomic E-state index is 0.173. The maximum atomic E-state index is 13.0. The Morgan fingerprint density at radius 3 is 2.52 bits per heavy atom. The van der Waals surface area contributed by atoms with Crippen molar-refractivity contribution < 1.29 is 23.5 Å². The quantitative estimate of drug-likeness (QED) is 0.530. The first-order valence-corrected chi connectivity index (χ1v) is 11.1. The molecule has 0 spiro atoms. The molecule has 1 aliphatic carbocycles. The second-order valence-corrected chi connectivity index (χ2v) is 8.30. The predicted molar refractivity (Wildman–Crippen MR) is 115 cm³/mol. The third kappa shape index (κ3) is 6.64. The number of carbonyl (C=O) groups excluding carboxylic acids is 3. The first kappa shape index (κ1) is 23.0. The van der Waals surface area contributed by atoms with Gasteiger partial charge in [-0.05, 0) is 76.1 Å². The van der Waals surface area contributed by atoms with E-state index >= 15 is 0 Å². The number of allylic oxidation sites excluding steroid dienone is 1. The van der Waals surface area contributed by atoms with Gasteiger partial charge in [0, 0.05) is 25.2 Å². The Kier molecular flexibility index (Phi) is 8.20. The number of piperidine rings is 1. The number of amides is 2. The van der Waals surface area contributed by atoms with Crippen LogP contribution in [0, 0.1) is 11.7 Å². The van der Waals surface area contributed by atoms with Crippen LogP contribution >= 0.6 is 0 Å². The molecule has 168 valence electrons. The maximum Gasteiger partial charge on any atom is 0.309 e. The highest BCUT2D eigenvalue weighted by Gasteiger charge is 2.30. The van der Waals surface area contributed by atoms with Gasteiger partial charge in [-0.1, -0.05) is 11.6 Å². The summed E-state index contributed by atoms with van der Waals surface area (Å²) in [6, 6.07) is 5.44. The van der Waals surface area contributed by atoms with Crippen molar-refractivity contribution in [3.05, 3.63) is 47.3 Å². The molecule has 1 aromatic rings. The van der Waals surface area contributed by atoms with Crippen LogP contribution in [0.25, 0.3) is 0 Å². The second kappa shape index (κ2) is 11.1. The lowest BCUT2D eigenvalue weighted by molar-refractivity contribution is -0.160. The normalized spacial score (nSPS) is 18.1. The number of nitrogens with zero attached hydrogens (tertiary/aromatic N) is 1. The molecule has 0 bridgehead atoms. The van der Waals surface area contributed by atoms with Crippen LogP contribution in [-0.4, -0.2) is 48.4 Å². The predicted octanol–water partition coefficient (Wildman–Crippen LogP) is 3.62. The fraction of sp³-hybridized carbons (Fsp3) is 0.542. The van der Waals surface area contributed by atoms with E-state index < -0.39 is 12.1 Å². The molecular weight excluding hydrogens is 399 g/mol. The van der Waals surface area contributed by atoms with E-state index in [0.717, 1.165) is 19.3 Å². The molecule has 0 saturated carbocycles. The molecule has 1 aromatic carbocycles. The highest BCUT2D eigenvalue weighted by atomic mass is 19.1. The van der Waals surface area contributed by atoms with Crippen molar-refractivity contribution in [3.63, 3.8) is 0 Å². The summed E-state index contributed by atoms with van der Waals surface area (Å²) in [5.74, 6) is -1.57. The second-order valence-electron chi connectivity index (χ2n) is 8.30. The number of hydrogen-bond acceptors (Lipinski definition) is 4. The molecule has 0 unspecified atom stereocenters. The van der Waals surface area contributed by atoms with Gasteiger partial charge in [0.25, 0.3) is 11.8 Å². The van der Waals surface area contributed by atoms with E-state index in [1.807, 2.05) is 0 Å². The summed E-state index contributed by atoms with van der Waals surface area (Å²) in [5.41, 5.74) is 1.81. The minimum Gasteiger partial charge on any atom is -0.452 e. The topological polar surface area (TPSA) is 75.7 Å². The van der Waals surface area contributed by atoms with Gasteiger partial charge in [0.2, 0.25) is 0 Å².